The lowest BCUT2D eigenvalue weighted by atomic mass is 9.67. The highest BCUT2D eigenvalue weighted by Crippen LogP contribution is 2.56. The molecule has 18 nitrogen and oxygen atoms in total. The van der Waals surface area contributed by atoms with Crippen molar-refractivity contribution in [1.29, 1.82) is 0 Å². The van der Waals surface area contributed by atoms with E-state index in [9.17, 15) is 37.8 Å². The number of hydrogen-bond acceptors (Lipinski definition) is 4. The Morgan fingerprint density at radius 2 is 0.495 bits per heavy atom. The molecule has 0 aliphatic heterocycles. The fraction of sp³-hybridized carbons (Fsp3) is 0.0886. The third kappa shape index (κ3) is 19.7. The Morgan fingerprint density at radius 1 is 0.267 bits per heavy atom. The van der Waals surface area contributed by atoms with Gasteiger partial charge in [0.25, 0.3) is 0 Å². The molecule has 0 unspecified atom stereocenters. The first kappa shape index (κ1) is 80.8. The number of benzene rings is 6. The van der Waals surface area contributed by atoms with Gasteiger partial charge in [-0.05, 0) is 77.9 Å². The first-order chi connectivity index (χ1) is 45.5. The van der Waals surface area contributed by atoms with Crippen molar-refractivity contribution in [1.82, 2.24) is 0 Å². The van der Waals surface area contributed by atoms with Crippen LogP contribution in [0.4, 0.5) is 0 Å². The van der Waals surface area contributed by atoms with Gasteiger partial charge in [0.15, 0.2) is 87.5 Å². The average Bonchev–Trinajstić information content (AvgIpc) is 1.55. The zero-order valence-corrected chi connectivity index (χ0v) is 60.7. The van der Waals surface area contributed by atoms with E-state index in [0.29, 0.717) is 11.1 Å². The van der Waals surface area contributed by atoms with Crippen LogP contribution in [-0.4, -0.2) is 51.5 Å². The largest absolute Gasteiger partial charge is 0.358 e. The molecule has 22 heteroatoms. The Hall–Kier alpha value is -9.18. The van der Waals surface area contributed by atoms with Crippen LogP contribution < -0.4 is 27.4 Å². The van der Waals surface area contributed by atoms with Crippen molar-refractivity contribution in [2.24, 2.45) is 0 Å². The lowest BCUT2D eigenvalue weighted by Gasteiger charge is -2.33. The summed E-state index contributed by atoms with van der Waals surface area (Å²) < 4.78 is 56.5. The molecule has 101 heavy (non-hydrogen) atoms. The van der Waals surface area contributed by atoms with E-state index in [1.165, 1.54) is 22.3 Å². The maximum Gasteiger partial charge on any atom is 0.331 e. The first-order valence-electron chi connectivity index (χ1n) is 30.3. The van der Waals surface area contributed by atoms with Crippen LogP contribution in [0.3, 0.4) is 0 Å². The van der Waals surface area contributed by atoms with E-state index in [0.717, 1.165) is 67.3 Å². The maximum atomic E-state index is 11.3. The van der Waals surface area contributed by atoms with Crippen LogP contribution in [0.5, 0.6) is 0 Å². The third-order valence-electron chi connectivity index (χ3n) is 16.8. The SMILES string of the molecule is O=P(O)(O)CC[n+]1ccc(-c2cc[n+](-c3ccc(C4(c5ccc(-[n+]6ccc(-c7cc[n+](CCP(=O)(O)O)cc7)cc6)cc5)c5ccccc5-c5ccccc54)cc3)cc2)cc1.O=P(O)(O)Cc1ccc(-[n+]2ccc(-c3cc[n+](-c4ccc(CP(=O)(O)O)cc4)cc3)cc2)cc1.[CH3-].[CH3-].[CH3-].[CH3-].[CH3-].[CH3-]. The van der Waals surface area contributed by atoms with Gasteiger partial charge in [0.2, 0.25) is 22.7 Å². The lowest BCUT2D eigenvalue weighted by Crippen LogP contribution is -2.34. The topological polar surface area (TPSA) is 253 Å². The number of aromatic nitrogens is 6. The second-order valence-corrected chi connectivity index (χ2v) is 30.2. The van der Waals surface area contributed by atoms with Gasteiger partial charge in [-0.3, -0.25) is 18.3 Å². The highest BCUT2D eigenvalue weighted by atomic mass is 31.2. The van der Waals surface area contributed by atoms with Crippen LogP contribution in [0.25, 0.3) is 67.3 Å². The molecule has 1 aliphatic rings. The number of fused-ring (bicyclic) bond motifs is 3. The quantitative estimate of drug-likeness (QED) is 0.0214. The Balaban J connectivity index is 0.000000345. The summed E-state index contributed by atoms with van der Waals surface area (Å²) in [6, 6.07) is 73.3. The molecule has 8 N–H and O–H groups in total. The van der Waals surface area contributed by atoms with Gasteiger partial charge < -0.3 is 83.7 Å². The van der Waals surface area contributed by atoms with Crippen LogP contribution in [0, 0.1) is 44.6 Å². The number of aryl methyl sites for hydroxylation is 2. The normalized spacial score (nSPS) is 12.0. The Morgan fingerprint density at radius 3 is 0.733 bits per heavy atom. The lowest BCUT2D eigenvalue weighted by molar-refractivity contribution is -0.692. The van der Waals surface area contributed by atoms with Crippen molar-refractivity contribution < 1.29 is 84.8 Å². The third-order valence-corrected chi connectivity index (χ3v) is 19.9. The van der Waals surface area contributed by atoms with Crippen molar-refractivity contribution in [3.63, 3.8) is 0 Å². The maximum absolute atomic E-state index is 11.3. The van der Waals surface area contributed by atoms with Gasteiger partial charge in [-0.25, -0.2) is 9.13 Å². The summed E-state index contributed by atoms with van der Waals surface area (Å²) in [7, 11) is -16.3. The van der Waals surface area contributed by atoms with Gasteiger partial charge in [-0.15, -0.1) is 0 Å². The molecule has 0 fully saturated rings. The minimum absolute atomic E-state index is 0. The molecule has 12 aromatic rings. The average molecular weight is 1440 g/mol. The fourth-order valence-corrected chi connectivity index (χ4v) is 14.4. The van der Waals surface area contributed by atoms with Gasteiger partial charge in [0.1, 0.15) is 12.3 Å². The Bertz CT molecular complexity index is 4570. The van der Waals surface area contributed by atoms with Gasteiger partial charge >= 0.3 is 30.4 Å². The van der Waals surface area contributed by atoms with Crippen LogP contribution in [0.15, 0.2) is 293 Å². The van der Waals surface area contributed by atoms with Gasteiger partial charge in [-0.1, -0.05) is 97.1 Å². The van der Waals surface area contributed by atoms with Crippen LogP contribution in [-0.2, 0) is 49.1 Å². The zero-order valence-electron chi connectivity index (χ0n) is 57.1. The van der Waals surface area contributed by atoms with E-state index in [-0.39, 0.29) is 82.3 Å². The van der Waals surface area contributed by atoms with E-state index >= 15 is 0 Å². The molecule has 0 radical (unpaired) electrons. The van der Waals surface area contributed by atoms with E-state index in [1.54, 1.807) is 33.4 Å². The van der Waals surface area contributed by atoms with E-state index in [1.807, 2.05) is 156 Å². The molecule has 1 aliphatic carbocycles. The smallest absolute Gasteiger partial charge is 0.331 e. The Kier molecular flexibility index (Phi) is 27.2. The predicted octanol–water partition coefficient (Wildman–Crippen LogP) is 12.8. The van der Waals surface area contributed by atoms with Crippen molar-refractivity contribution in [2.75, 3.05) is 12.3 Å². The molecular formula is C79H86N6O12P4. The van der Waals surface area contributed by atoms with E-state index < -0.39 is 35.8 Å². The summed E-state index contributed by atoms with van der Waals surface area (Å²) in [5, 5.41) is 0. The monoisotopic (exact) mass is 1430 g/mol. The summed E-state index contributed by atoms with van der Waals surface area (Å²) >= 11 is 0. The second-order valence-electron chi connectivity index (χ2n) is 23.3. The molecule has 6 heterocycles. The van der Waals surface area contributed by atoms with Crippen molar-refractivity contribution >= 4 is 30.4 Å². The number of nitrogens with zero attached hydrogens (tertiary/aromatic N) is 6. The minimum Gasteiger partial charge on any atom is -0.358 e. The summed E-state index contributed by atoms with van der Waals surface area (Å²) in [5.74, 6) is 0. The summed E-state index contributed by atoms with van der Waals surface area (Å²) in [5.41, 5.74) is 17.8. The fourth-order valence-electron chi connectivity index (χ4n) is 12.1. The second kappa shape index (κ2) is 34.0. The van der Waals surface area contributed by atoms with Crippen molar-refractivity contribution in [2.45, 2.75) is 30.8 Å². The molecule has 0 amide bonds. The van der Waals surface area contributed by atoms with Crippen LogP contribution in [0.2, 0.25) is 0 Å². The number of hydrogen-bond donors (Lipinski definition) is 8. The molecule has 0 bridgehead atoms. The van der Waals surface area contributed by atoms with E-state index in [4.69, 9.17) is 19.6 Å². The van der Waals surface area contributed by atoms with Gasteiger partial charge in [-0.2, -0.15) is 18.3 Å². The van der Waals surface area contributed by atoms with Crippen LogP contribution >= 0.6 is 30.4 Å². The number of rotatable bonds is 19. The molecule has 6 aromatic heterocycles. The predicted molar refractivity (Wildman–Crippen MR) is 397 cm³/mol. The Labute approximate surface area is 593 Å². The molecule has 6 aromatic carbocycles. The molecule has 524 valence electrons. The summed E-state index contributed by atoms with van der Waals surface area (Å²) in [4.78, 5) is 73.3. The highest BCUT2D eigenvalue weighted by molar-refractivity contribution is 7.52. The molecule has 0 saturated heterocycles. The zero-order chi connectivity index (χ0) is 66.5. The molecule has 0 atom stereocenters. The van der Waals surface area contributed by atoms with Gasteiger partial charge in [0, 0.05) is 121 Å². The minimum atomic E-state index is -4.09. The van der Waals surface area contributed by atoms with Crippen molar-refractivity contribution in [3.05, 3.63) is 371 Å². The summed E-state index contributed by atoms with van der Waals surface area (Å²) in [6.45, 7) is 0.501. The number of pyridine rings is 6. The van der Waals surface area contributed by atoms with Crippen LogP contribution in [0.1, 0.15) is 33.4 Å². The molecular weight excluding hydrogens is 1350 g/mol. The van der Waals surface area contributed by atoms with E-state index in [2.05, 4.69) is 130 Å². The summed E-state index contributed by atoms with van der Waals surface area (Å²) in [6.07, 6.45) is 22.3. The van der Waals surface area contributed by atoms with Crippen molar-refractivity contribution in [3.8, 4) is 67.3 Å². The first-order valence-corrected chi connectivity index (χ1v) is 37.5. The standard InChI is InChI=1S/C49H40N4O6P2.C24H22N2O6P2.6CH3/c54-60(55,56)35-33-50-25-17-37(18-26-50)39-21-29-52(30-22-39)43-13-9-41(10-14-43)49(47-7-3-1-5-45(47)46-6-2-4-8-48(46)49)42-11-15-44(16-12-42)53-31-23-40(24-32-53)38-19-27-51(28-20-38)34-36-61(57,58)59;27-33(28,29)17-19-1-5-23(6-2-19)25-13-9-21(10-14-25)22-11-15-26(16-12-22)24-7-3-20(4-8-24)18-34(30,31)32;;;;;;/h1-32H,33-36H2;1-16H,17-18H2,(H2-2,27,28,29,30,31,32);6*1H3/q;;6*-1/p+6. The van der Waals surface area contributed by atoms with Gasteiger partial charge in [0.05, 0.1) is 17.7 Å². The molecule has 13 rings (SSSR count). The molecule has 0 spiro atoms. The highest BCUT2D eigenvalue weighted by Gasteiger charge is 2.46. The molecule has 0 saturated carbocycles.